The van der Waals surface area contributed by atoms with Crippen molar-refractivity contribution in [1.82, 2.24) is 4.90 Å². The summed E-state index contributed by atoms with van der Waals surface area (Å²) >= 11 is 6.10. The molecule has 0 aromatic heterocycles. The third-order valence-electron chi connectivity index (χ3n) is 5.78. The van der Waals surface area contributed by atoms with Crippen molar-refractivity contribution in [3.63, 3.8) is 0 Å². The Morgan fingerprint density at radius 1 is 1.26 bits per heavy atom. The maximum Gasteiger partial charge on any atom is 0.342 e. The Kier molecular flexibility index (Phi) is 7.93. The number of piperidine rings is 1. The van der Waals surface area contributed by atoms with Crippen molar-refractivity contribution in [3.8, 4) is 11.5 Å². The maximum absolute atomic E-state index is 13.1. The van der Waals surface area contributed by atoms with E-state index in [9.17, 15) is 13.2 Å². The summed E-state index contributed by atoms with van der Waals surface area (Å²) in [5, 5.41) is 7.65. The first-order valence-corrected chi connectivity index (χ1v) is 12.6. The van der Waals surface area contributed by atoms with Crippen LogP contribution >= 0.6 is 11.6 Å². The van der Waals surface area contributed by atoms with Gasteiger partial charge in [-0.05, 0) is 50.8 Å². The molecule has 2 aromatic rings. The monoisotopic (exact) mass is 509 g/mol. The molecular weight excluding hydrogens is 482 g/mol. The van der Waals surface area contributed by atoms with E-state index in [2.05, 4.69) is 0 Å². The highest BCUT2D eigenvalue weighted by Crippen LogP contribution is 2.42. The zero-order valence-electron chi connectivity index (χ0n) is 19.3. The van der Waals surface area contributed by atoms with Gasteiger partial charge in [0, 0.05) is 24.2 Å². The maximum atomic E-state index is 13.1. The number of halogens is 1. The van der Waals surface area contributed by atoms with Crippen molar-refractivity contribution >= 4 is 33.6 Å². The van der Waals surface area contributed by atoms with E-state index in [0.29, 0.717) is 42.8 Å². The number of likely N-dealkylation sites (tertiary alicyclic amines) is 1. The average Bonchev–Trinajstić information content (AvgIpc) is 2.79. The van der Waals surface area contributed by atoms with Gasteiger partial charge in [0.05, 0.1) is 18.7 Å². The molecule has 34 heavy (non-hydrogen) atoms. The number of hydrogen-bond acceptors (Lipinski definition) is 7. The van der Waals surface area contributed by atoms with Crippen LogP contribution in [0, 0.1) is 12.3 Å². The van der Waals surface area contributed by atoms with E-state index < -0.39 is 16.1 Å². The molecule has 0 atom stereocenters. The molecule has 0 bridgehead atoms. The zero-order chi connectivity index (χ0) is 25.0. The van der Waals surface area contributed by atoms with Crippen LogP contribution in [0.2, 0.25) is 5.02 Å². The van der Waals surface area contributed by atoms with E-state index in [1.807, 2.05) is 0 Å². The standard InChI is InChI=1S/C23H28ClN3O6S/c1-4-32-22(28)20-14(2)21(31-3)16(15-9-11-27(12-10-15)23(25)26)13-18(20)33-34(29,30)19-8-6-5-7-17(19)24/h5-8,13,15H,4,9-12H2,1-3H3,(H3,25,26). The number of ether oxygens (including phenoxy) is 2. The molecule has 0 aliphatic carbocycles. The molecule has 2 aromatic carbocycles. The molecule has 9 nitrogen and oxygen atoms in total. The van der Waals surface area contributed by atoms with E-state index >= 15 is 0 Å². The van der Waals surface area contributed by atoms with Gasteiger partial charge >= 0.3 is 16.1 Å². The van der Waals surface area contributed by atoms with Gasteiger partial charge in [0.25, 0.3) is 0 Å². The summed E-state index contributed by atoms with van der Waals surface area (Å²) in [5.41, 5.74) is 6.70. The lowest BCUT2D eigenvalue weighted by molar-refractivity contribution is 0.0523. The van der Waals surface area contributed by atoms with Crippen LogP contribution in [-0.2, 0) is 14.9 Å². The average molecular weight is 510 g/mol. The predicted molar refractivity (Wildman–Crippen MR) is 128 cm³/mol. The second-order valence-corrected chi connectivity index (χ2v) is 9.75. The first kappa shape index (κ1) is 25.6. The molecule has 1 heterocycles. The normalized spacial score (nSPS) is 14.5. The molecule has 1 aliphatic rings. The molecule has 3 N–H and O–H groups in total. The Balaban J connectivity index is 2.12. The van der Waals surface area contributed by atoms with E-state index in [1.54, 1.807) is 24.8 Å². The summed E-state index contributed by atoms with van der Waals surface area (Å²) in [7, 11) is -2.86. The van der Waals surface area contributed by atoms with Gasteiger partial charge in [-0.25, -0.2) is 4.79 Å². The molecule has 0 radical (unpaired) electrons. The topological polar surface area (TPSA) is 132 Å². The first-order chi connectivity index (χ1) is 16.1. The van der Waals surface area contributed by atoms with E-state index in [4.69, 9.17) is 36.4 Å². The number of nitrogens with zero attached hydrogens (tertiary/aromatic N) is 1. The number of carbonyl (C=O) groups is 1. The molecule has 1 aliphatic heterocycles. The highest BCUT2D eigenvalue weighted by atomic mass is 35.5. The predicted octanol–water partition coefficient (Wildman–Crippen LogP) is 3.67. The molecule has 0 unspecified atom stereocenters. The van der Waals surface area contributed by atoms with Gasteiger partial charge < -0.3 is 24.3 Å². The summed E-state index contributed by atoms with van der Waals surface area (Å²) in [6, 6.07) is 7.44. The lowest BCUT2D eigenvalue weighted by Gasteiger charge is -2.33. The smallest absolute Gasteiger partial charge is 0.342 e. The number of nitrogens with two attached hydrogens (primary N) is 1. The van der Waals surface area contributed by atoms with Crippen molar-refractivity contribution in [2.75, 3.05) is 26.8 Å². The Morgan fingerprint density at radius 3 is 2.47 bits per heavy atom. The van der Waals surface area contributed by atoms with Gasteiger partial charge in [-0.1, -0.05) is 23.7 Å². The SMILES string of the molecule is CCOC(=O)c1c(OS(=O)(=O)c2ccccc2Cl)cc(C2CCN(C(=N)N)CC2)c(OC)c1C. The minimum atomic E-state index is -4.35. The Hall–Kier alpha value is -2.98. The van der Waals surface area contributed by atoms with Crippen LogP contribution in [0.25, 0.3) is 0 Å². The summed E-state index contributed by atoms with van der Waals surface area (Å²) < 4.78 is 42.5. The van der Waals surface area contributed by atoms with Gasteiger partial charge in [0.15, 0.2) is 11.7 Å². The van der Waals surface area contributed by atoms with Crippen LogP contribution in [0.3, 0.4) is 0 Å². The van der Waals surface area contributed by atoms with Crippen LogP contribution in [0.1, 0.15) is 47.2 Å². The number of esters is 1. The van der Waals surface area contributed by atoms with Gasteiger partial charge in [-0.3, -0.25) is 5.41 Å². The summed E-state index contributed by atoms with van der Waals surface area (Å²) in [6.45, 7) is 4.55. The fourth-order valence-corrected chi connectivity index (χ4v) is 5.56. The molecule has 0 spiro atoms. The Bertz CT molecular complexity index is 1190. The van der Waals surface area contributed by atoms with Gasteiger partial charge in [0.2, 0.25) is 0 Å². The zero-order valence-corrected chi connectivity index (χ0v) is 20.8. The summed E-state index contributed by atoms with van der Waals surface area (Å²) in [6.07, 6.45) is 1.32. The van der Waals surface area contributed by atoms with Gasteiger partial charge in [-0.15, -0.1) is 0 Å². The molecule has 3 rings (SSSR count). The van der Waals surface area contributed by atoms with Crippen LogP contribution in [-0.4, -0.2) is 52.1 Å². The molecule has 11 heteroatoms. The van der Waals surface area contributed by atoms with E-state index in [0.717, 1.165) is 0 Å². The lowest BCUT2D eigenvalue weighted by Crippen LogP contribution is -2.41. The molecule has 1 saturated heterocycles. The van der Waals surface area contributed by atoms with Crippen molar-refractivity contribution in [1.29, 1.82) is 5.41 Å². The Labute approximate surface area is 204 Å². The highest BCUT2D eigenvalue weighted by molar-refractivity contribution is 7.87. The second-order valence-electron chi connectivity index (χ2n) is 7.83. The van der Waals surface area contributed by atoms with Crippen molar-refractivity contribution < 1.29 is 26.9 Å². The van der Waals surface area contributed by atoms with Crippen LogP contribution in [0.5, 0.6) is 11.5 Å². The number of carbonyl (C=O) groups excluding carboxylic acids is 1. The Morgan fingerprint density at radius 2 is 1.91 bits per heavy atom. The van der Waals surface area contributed by atoms with Gasteiger partial charge in [0.1, 0.15) is 16.2 Å². The van der Waals surface area contributed by atoms with Gasteiger partial charge in [-0.2, -0.15) is 8.42 Å². The molecular formula is C23H28ClN3O6S. The number of nitrogens with one attached hydrogen (secondary N) is 1. The highest BCUT2D eigenvalue weighted by Gasteiger charge is 2.32. The molecule has 0 saturated carbocycles. The van der Waals surface area contributed by atoms with Crippen LogP contribution in [0.15, 0.2) is 35.2 Å². The summed E-state index contributed by atoms with van der Waals surface area (Å²) in [4.78, 5) is 14.4. The molecule has 1 fully saturated rings. The van der Waals surface area contributed by atoms with Crippen LogP contribution in [0.4, 0.5) is 0 Å². The molecule has 184 valence electrons. The van der Waals surface area contributed by atoms with Crippen LogP contribution < -0.4 is 14.7 Å². The second kappa shape index (κ2) is 10.5. The number of benzene rings is 2. The quantitative estimate of drug-likeness (QED) is 0.250. The van der Waals surface area contributed by atoms with E-state index in [-0.39, 0.29) is 39.7 Å². The number of rotatable bonds is 7. The lowest BCUT2D eigenvalue weighted by atomic mass is 9.86. The number of methoxy groups -OCH3 is 1. The first-order valence-electron chi connectivity index (χ1n) is 10.8. The minimum absolute atomic E-state index is 0.00208. The largest absolute Gasteiger partial charge is 0.496 e. The number of hydrogen-bond donors (Lipinski definition) is 2. The third-order valence-corrected chi connectivity index (χ3v) is 7.51. The van der Waals surface area contributed by atoms with E-state index in [1.165, 1.54) is 31.4 Å². The van der Waals surface area contributed by atoms with Crippen molar-refractivity contribution in [2.45, 2.75) is 37.5 Å². The van der Waals surface area contributed by atoms with Crippen molar-refractivity contribution in [2.24, 2.45) is 5.73 Å². The third kappa shape index (κ3) is 5.23. The fraction of sp³-hybridized carbons (Fsp3) is 0.391. The summed E-state index contributed by atoms with van der Waals surface area (Å²) in [5.74, 6) is -0.423. The minimum Gasteiger partial charge on any atom is -0.496 e. The number of guanidine groups is 1. The molecule has 0 amide bonds. The fourth-order valence-electron chi connectivity index (χ4n) is 4.13. The van der Waals surface area contributed by atoms with Crippen molar-refractivity contribution in [3.05, 3.63) is 52.0 Å².